The lowest BCUT2D eigenvalue weighted by molar-refractivity contribution is -0.155. The molecule has 130 valence electrons. The lowest BCUT2D eigenvalue weighted by atomic mass is 10.1. The summed E-state index contributed by atoms with van der Waals surface area (Å²) in [4.78, 5) is 3.76. The Labute approximate surface area is 138 Å². The summed E-state index contributed by atoms with van der Waals surface area (Å²) >= 11 is 5.81. The number of ether oxygens (including phenoxy) is 1. The van der Waals surface area contributed by atoms with Gasteiger partial charge in [0.25, 0.3) is 0 Å². The minimum Gasteiger partial charge on any atom is -0.432 e. The zero-order chi connectivity index (χ0) is 18.2. The van der Waals surface area contributed by atoms with E-state index in [1.807, 2.05) is 0 Å². The first-order valence-electron chi connectivity index (χ1n) is 6.36. The van der Waals surface area contributed by atoms with Crippen LogP contribution >= 0.6 is 11.6 Å². The molecule has 5 nitrogen and oxygen atoms in total. The molecule has 0 unspecified atom stereocenters. The van der Waals surface area contributed by atoms with Crippen molar-refractivity contribution in [3.8, 4) is 17.0 Å². The van der Waals surface area contributed by atoms with Gasteiger partial charge in [0.05, 0.1) is 16.4 Å². The molecule has 1 aromatic heterocycles. The van der Waals surface area contributed by atoms with Crippen molar-refractivity contribution in [2.75, 3.05) is 5.73 Å². The van der Waals surface area contributed by atoms with Crippen LogP contribution in [0.1, 0.15) is 12.6 Å². The van der Waals surface area contributed by atoms with Gasteiger partial charge in [-0.1, -0.05) is 11.6 Å². The van der Waals surface area contributed by atoms with Crippen molar-refractivity contribution in [3.63, 3.8) is 0 Å². The first-order chi connectivity index (χ1) is 11.0. The Bertz CT molecular complexity index is 782. The number of rotatable bonds is 4. The maximum atomic E-state index is 14.1. The van der Waals surface area contributed by atoms with Gasteiger partial charge in [0, 0.05) is 11.6 Å². The number of nitrogens with zero attached hydrogens (tertiary/aromatic N) is 1. The van der Waals surface area contributed by atoms with Crippen molar-refractivity contribution in [2.24, 2.45) is 0 Å². The summed E-state index contributed by atoms with van der Waals surface area (Å²) in [5.74, 6) is -5.87. The molecule has 0 spiro atoms. The van der Waals surface area contributed by atoms with E-state index in [0.717, 1.165) is 13.0 Å². The lowest BCUT2D eigenvalue weighted by Gasteiger charge is -2.19. The summed E-state index contributed by atoms with van der Waals surface area (Å²) in [5.41, 5.74) is 4.23. The first-order valence-corrected chi connectivity index (χ1v) is 6.74. The Kier molecular flexibility index (Phi) is 4.88. The van der Waals surface area contributed by atoms with Gasteiger partial charge in [-0.3, -0.25) is 0 Å². The van der Waals surface area contributed by atoms with Gasteiger partial charge < -0.3 is 20.7 Å². The van der Waals surface area contributed by atoms with Crippen LogP contribution in [0.4, 0.5) is 23.2 Å². The Morgan fingerprint density at radius 2 is 1.83 bits per heavy atom. The normalized spacial score (nSPS) is 11.9. The number of halogens is 5. The smallest absolute Gasteiger partial charge is 0.387 e. The third-order valence-electron chi connectivity index (χ3n) is 2.95. The van der Waals surface area contributed by atoms with Crippen LogP contribution in [0.25, 0.3) is 11.3 Å². The fraction of sp³-hybridized carbons (Fsp3) is 0.214. The molecule has 0 amide bonds. The van der Waals surface area contributed by atoms with Crippen molar-refractivity contribution >= 4 is 17.3 Å². The molecule has 1 heterocycles. The predicted molar refractivity (Wildman–Crippen MR) is 77.4 cm³/mol. The number of hydrogen-bond donors (Lipinski definition) is 3. The van der Waals surface area contributed by atoms with Gasteiger partial charge in [0.1, 0.15) is 11.5 Å². The van der Waals surface area contributed by atoms with E-state index in [0.29, 0.717) is 12.1 Å². The van der Waals surface area contributed by atoms with Crippen molar-refractivity contribution in [2.45, 2.75) is 19.3 Å². The molecule has 2 rings (SSSR count). The van der Waals surface area contributed by atoms with Gasteiger partial charge in [-0.05, 0) is 19.1 Å². The van der Waals surface area contributed by atoms with Gasteiger partial charge in [-0.2, -0.15) is 8.78 Å². The largest absolute Gasteiger partial charge is 0.432 e. The van der Waals surface area contributed by atoms with E-state index < -0.39 is 41.0 Å². The molecule has 0 saturated heterocycles. The summed E-state index contributed by atoms with van der Waals surface area (Å²) in [6, 6.07) is 2.06. The summed E-state index contributed by atoms with van der Waals surface area (Å²) in [5, 5.41) is 19.0. The molecule has 0 aliphatic heterocycles. The van der Waals surface area contributed by atoms with E-state index in [1.165, 1.54) is 0 Å². The van der Waals surface area contributed by atoms with E-state index in [4.69, 9.17) is 17.3 Å². The maximum Gasteiger partial charge on any atom is 0.387 e. The molecular formula is C14H11ClF4N2O3. The number of aliphatic hydroxyl groups is 2. The number of aromatic nitrogens is 1. The average molecular weight is 367 g/mol. The van der Waals surface area contributed by atoms with Crippen LogP contribution in [0.5, 0.6) is 5.75 Å². The fourth-order valence-electron chi connectivity index (χ4n) is 1.91. The number of alkyl halides is 2. The Morgan fingerprint density at radius 3 is 2.38 bits per heavy atom. The zero-order valence-corrected chi connectivity index (χ0v) is 12.8. The first kappa shape index (κ1) is 18.2. The minimum absolute atomic E-state index is 0.168. The minimum atomic E-state index is -3.33. The van der Waals surface area contributed by atoms with E-state index in [9.17, 15) is 27.8 Å². The molecule has 24 heavy (non-hydrogen) atoms. The molecule has 4 N–H and O–H groups in total. The standard InChI is InChI=1S/C14H11ClF4N2O3/c1-14(22,23)12-11(15)8(20)4-9(21-12)5-2-7(17)10(3-6(5)16)24-13(18)19/h2-4,13,22-23H,1H3,(H2,20,21). The molecule has 10 heteroatoms. The Balaban J connectivity index is 2.61. The highest BCUT2D eigenvalue weighted by Crippen LogP contribution is 2.35. The second-order valence-corrected chi connectivity index (χ2v) is 5.30. The lowest BCUT2D eigenvalue weighted by Crippen LogP contribution is -2.23. The second kappa shape index (κ2) is 6.42. The molecule has 0 atom stereocenters. The van der Waals surface area contributed by atoms with Gasteiger partial charge in [0.2, 0.25) is 5.79 Å². The van der Waals surface area contributed by atoms with E-state index in [2.05, 4.69) is 9.72 Å². The fourth-order valence-corrected chi connectivity index (χ4v) is 2.19. The van der Waals surface area contributed by atoms with Crippen LogP contribution < -0.4 is 10.5 Å². The Morgan fingerprint density at radius 1 is 1.21 bits per heavy atom. The van der Waals surface area contributed by atoms with Crippen molar-refractivity contribution < 1.29 is 32.5 Å². The summed E-state index contributed by atoms with van der Waals surface area (Å²) < 4.78 is 56.0. The monoisotopic (exact) mass is 366 g/mol. The SMILES string of the molecule is CC(O)(O)c1nc(-c2cc(F)c(OC(F)F)cc2F)cc(N)c1Cl. The third kappa shape index (κ3) is 3.69. The van der Waals surface area contributed by atoms with Gasteiger partial charge in [-0.25, -0.2) is 13.8 Å². The van der Waals surface area contributed by atoms with E-state index in [-0.39, 0.29) is 16.4 Å². The number of pyridine rings is 1. The maximum absolute atomic E-state index is 14.1. The van der Waals surface area contributed by atoms with E-state index >= 15 is 0 Å². The molecule has 1 aromatic carbocycles. The summed E-state index contributed by atoms with van der Waals surface area (Å²) in [7, 11) is 0. The van der Waals surface area contributed by atoms with Crippen molar-refractivity contribution in [3.05, 3.63) is 40.6 Å². The second-order valence-electron chi connectivity index (χ2n) is 4.92. The molecule has 0 radical (unpaired) electrons. The number of anilines is 1. The van der Waals surface area contributed by atoms with Crippen molar-refractivity contribution in [1.82, 2.24) is 4.98 Å². The zero-order valence-electron chi connectivity index (χ0n) is 12.0. The van der Waals surface area contributed by atoms with Gasteiger partial charge in [0.15, 0.2) is 11.6 Å². The van der Waals surface area contributed by atoms with E-state index in [1.54, 1.807) is 0 Å². The Hall–Kier alpha value is -2.10. The number of nitrogens with two attached hydrogens (primary N) is 1. The number of hydrogen-bond acceptors (Lipinski definition) is 5. The number of benzene rings is 1. The van der Waals surface area contributed by atoms with Gasteiger partial charge in [-0.15, -0.1) is 0 Å². The molecule has 0 aliphatic rings. The van der Waals surface area contributed by atoms with Crippen LogP contribution in [-0.2, 0) is 5.79 Å². The summed E-state index contributed by atoms with van der Waals surface area (Å²) in [6.45, 7) is -2.38. The van der Waals surface area contributed by atoms with Crippen LogP contribution in [0, 0.1) is 11.6 Å². The highest BCUT2D eigenvalue weighted by Gasteiger charge is 2.27. The van der Waals surface area contributed by atoms with Crippen molar-refractivity contribution in [1.29, 1.82) is 0 Å². The summed E-state index contributed by atoms with van der Waals surface area (Å²) in [6.07, 6.45) is 0. The quantitative estimate of drug-likeness (QED) is 0.572. The molecule has 0 aliphatic carbocycles. The van der Waals surface area contributed by atoms with Crippen LogP contribution in [0.3, 0.4) is 0 Å². The third-order valence-corrected chi connectivity index (χ3v) is 3.35. The molecule has 2 aromatic rings. The van der Waals surface area contributed by atoms with Crippen LogP contribution in [0.15, 0.2) is 18.2 Å². The number of nitrogen functional groups attached to an aromatic ring is 1. The van der Waals surface area contributed by atoms with Gasteiger partial charge >= 0.3 is 6.61 Å². The van der Waals surface area contributed by atoms with Crippen LogP contribution in [0.2, 0.25) is 5.02 Å². The van der Waals surface area contributed by atoms with Crippen LogP contribution in [-0.4, -0.2) is 21.8 Å². The highest BCUT2D eigenvalue weighted by molar-refractivity contribution is 6.33. The molecule has 0 saturated carbocycles. The molecule has 0 fully saturated rings. The molecule has 0 bridgehead atoms. The topological polar surface area (TPSA) is 88.6 Å². The highest BCUT2D eigenvalue weighted by atomic mass is 35.5. The average Bonchev–Trinajstić information content (AvgIpc) is 2.43. The predicted octanol–water partition coefficient (Wildman–Crippen LogP) is 3.02. The molecular weight excluding hydrogens is 356 g/mol.